The Hall–Kier alpha value is -2.48. The number of guanidine groups is 1. The maximum Gasteiger partial charge on any atom is 0.191 e. The van der Waals surface area contributed by atoms with Crippen molar-refractivity contribution >= 4 is 23.2 Å². The van der Waals surface area contributed by atoms with E-state index < -0.39 is 0 Å². The van der Waals surface area contributed by atoms with Crippen molar-refractivity contribution in [3.05, 3.63) is 34.9 Å². The van der Waals surface area contributed by atoms with Crippen LogP contribution in [0.4, 0.5) is 5.69 Å². The van der Waals surface area contributed by atoms with Gasteiger partial charge in [-0.2, -0.15) is 0 Å². The van der Waals surface area contributed by atoms with Crippen molar-refractivity contribution in [2.24, 2.45) is 4.99 Å². The van der Waals surface area contributed by atoms with Gasteiger partial charge in [-0.05, 0) is 44.4 Å². The van der Waals surface area contributed by atoms with Crippen LogP contribution in [0.2, 0.25) is 5.02 Å². The average Bonchev–Trinajstić information content (AvgIpc) is 3.32. The summed E-state index contributed by atoms with van der Waals surface area (Å²) >= 11 is 6.22. The summed E-state index contributed by atoms with van der Waals surface area (Å²) in [6, 6.07) is 6.04. The van der Waals surface area contributed by atoms with E-state index >= 15 is 0 Å². The Bertz CT molecular complexity index is 913. The molecule has 9 heteroatoms. The zero-order chi connectivity index (χ0) is 21.6. The Morgan fingerprint density at radius 2 is 2.16 bits per heavy atom. The molecule has 8 nitrogen and oxygen atoms in total. The van der Waals surface area contributed by atoms with E-state index in [0.717, 1.165) is 73.1 Å². The highest BCUT2D eigenvalue weighted by Crippen LogP contribution is 2.33. The zero-order valence-electron chi connectivity index (χ0n) is 18.4. The Kier molecular flexibility index (Phi) is 7.17. The number of hydrogen-bond donors (Lipinski definition) is 2. The molecular formula is C22H32ClN7O. The fraction of sp³-hybridized carbons (Fsp3) is 0.591. The molecular weight excluding hydrogens is 414 g/mol. The van der Waals surface area contributed by atoms with Crippen LogP contribution in [-0.2, 0) is 19.5 Å². The number of anilines is 1. The van der Waals surface area contributed by atoms with Gasteiger partial charge in [0.05, 0.1) is 12.8 Å². The Labute approximate surface area is 189 Å². The lowest BCUT2D eigenvalue weighted by Crippen LogP contribution is -2.44. The smallest absolute Gasteiger partial charge is 0.191 e. The average molecular weight is 446 g/mol. The second-order valence-corrected chi connectivity index (χ2v) is 8.52. The number of hydrogen-bond acceptors (Lipinski definition) is 5. The molecule has 4 rings (SSSR count). The predicted octanol–water partition coefficient (Wildman–Crippen LogP) is 3.00. The van der Waals surface area contributed by atoms with Crippen molar-refractivity contribution in [3.63, 3.8) is 0 Å². The number of fused-ring (bicyclic) bond motifs is 1. The summed E-state index contributed by atoms with van der Waals surface area (Å²) in [5, 5.41) is 16.5. The summed E-state index contributed by atoms with van der Waals surface area (Å²) in [5.74, 6) is 3.71. The van der Waals surface area contributed by atoms with Crippen molar-refractivity contribution in [3.8, 4) is 5.75 Å². The monoisotopic (exact) mass is 445 g/mol. The Balaban J connectivity index is 1.41. The molecule has 0 aliphatic carbocycles. The summed E-state index contributed by atoms with van der Waals surface area (Å²) in [4.78, 5) is 7.12. The van der Waals surface area contributed by atoms with E-state index in [1.54, 1.807) is 7.11 Å². The number of ether oxygens (including phenoxy) is 1. The van der Waals surface area contributed by atoms with E-state index in [2.05, 4.69) is 37.2 Å². The first-order chi connectivity index (χ1) is 15.2. The largest absolute Gasteiger partial charge is 0.495 e. The molecule has 168 valence electrons. The number of aliphatic imine (C=N–C) groups is 1. The molecule has 1 aromatic heterocycles. The minimum absolute atomic E-state index is 0.289. The fourth-order valence-corrected chi connectivity index (χ4v) is 4.50. The molecule has 0 bridgehead atoms. The van der Waals surface area contributed by atoms with E-state index in [1.165, 1.54) is 19.3 Å². The standard InChI is InChI=1S/C22H32ClN7O/c1-3-24-22(25-14-21-28-27-20-7-5-4-6-11-30(20)21)26-17-10-12-29(15-17)18-13-16(23)8-9-19(18)31-2/h8-9,13,17H,3-7,10-12,14-15H2,1-2H3,(H2,24,25,26). The number of nitrogens with zero attached hydrogens (tertiary/aromatic N) is 5. The van der Waals surface area contributed by atoms with E-state index in [0.29, 0.717) is 6.54 Å². The lowest BCUT2D eigenvalue weighted by Gasteiger charge is -2.22. The molecule has 1 fully saturated rings. The van der Waals surface area contributed by atoms with Crippen molar-refractivity contribution < 1.29 is 4.74 Å². The van der Waals surface area contributed by atoms with Gasteiger partial charge in [-0.25, -0.2) is 4.99 Å². The third kappa shape index (κ3) is 5.23. The zero-order valence-corrected chi connectivity index (χ0v) is 19.2. The molecule has 1 atom stereocenters. The van der Waals surface area contributed by atoms with Gasteiger partial charge < -0.3 is 24.8 Å². The lowest BCUT2D eigenvalue weighted by atomic mass is 10.2. The second-order valence-electron chi connectivity index (χ2n) is 8.08. The second kappa shape index (κ2) is 10.2. The highest BCUT2D eigenvalue weighted by Gasteiger charge is 2.25. The Morgan fingerprint density at radius 3 is 3.00 bits per heavy atom. The normalized spacial score (nSPS) is 19.1. The van der Waals surface area contributed by atoms with Crippen molar-refractivity contribution in [1.82, 2.24) is 25.4 Å². The van der Waals surface area contributed by atoms with Gasteiger partial charge >= 0.3 is 0 Å². The van der Waals surface area contributed by atoms with Gasteiger partial charge in [-0.15, -0.1) is 10.2 Å². The van der Waals surface area contributed by atoms with Crippen molar-refractivity contribution in [2.45, 2.75) is 58.2 Å². The van der Waals surface area contributed by atoms with Crippen LogP contribution in [0.15, 0.2) is 23.2 Å². The van der Waals surface area contributed by atoms with E-state index in [4.69, 9.17) is 21.3 Å². The molecule has 0 saturated carbocycles. The number of nitrogens with one attached hydrogen (secondary N) is 2. The predicted molar refractivity (Wildman–Crippen MR) is 124 cm³/mol. The molecule has 1 unspecified atom stereocenters. The quantitative estimate of drug-likeness (QED) is 0.525. The Morgan fingerprint density at radius 1 is 1.26 bits per heavy atom. The fourth-order valence-electron chi connectivity index (χ4n) is 4.33. The summed E-state index contributed by atoms with van der Waals surface area (Å²) < 4.78 is 7.78. The van der Waals surface area contributed by atoms with Gasteiger partial charge in [0, 0.05) is 43.7 Å². The number of aromatic nitrogens is 3. The highest BCUT2D eigenvalue weighted by atomic mass is 35.5. The van der Waals surface area contributed by atoms with Crippen LogP contribution in [0.3, 0.4) is 0 Å². The first-order valence-electron chi connectivity index (χ1n) is 11.2. The van der Waals surface area contributed by atoms with Crippen LogP contribution >= 0.6 is 11.6 Å². The van der Waals surface area contributed by atoms with Gasteiger partial charge in [0.2, 0.25) is 0 Å². The number of halogens is 1. The SMILES string of the molecule is CCNC(=NCc1nnc2n1CCCCC2)NC1CCN(c2cc(Cl)ccc2OC)C1. The summed E-state index contributed by atoms with van der Waals surface area (Å²) in [5.41, 5.74) is 1.03. The number of methoxy groups -OCH3 is 1. The van der Waals surface area contributed by atoms with Crippen molar-refractivity contribution in [1.29, 1.82) is 0 Å². The molecule has 0 spiro atoms. The van der Waals surface area contributed by atoms with Crippen LogP contribution in [0.25, 0.3) is 0 Å². The molecule has 2 aliphatic rings. The first kappa shape index (κ1) is 21.7. The maximum atomic E-state index is 6.22. The molecule has 3 heterocycles. The molecule has 1 saturated heterocycles. The van der Waals surface area contributed by atoms with Gasteiger partial charge in [-0.3, -0.25) is 0 Å². The topological polar surface area (TPSA) is 79.6 Å². The third-order valence-electron chi connectivity index (χ3n) is 5.92. The molecule has 2 aliphatic heterocycles. The summed E-state index contributed by atoms with van der Waals surface area (Å²) in [6.45, 7) is 6.21. The van der Waals surface area contributed by atoms with Gasteiger partial charge in [0.25, 0.3) is 0 Å². The molecule has 0 radical (unpaired) electrons. The van der Waals surface area contributed by atoms with E-state index in [-0.39, 0.29) is 6.04 Å². The van der Waals surface area contributed by atoms with Gasteiger partial charge in [0.15, 0.2) is 11.8 Å². The number of aryl methyl sites for hydroxylation is 1. The van der Waals surface area contributed by atoms with Crippen LogP contribution in [0.5, 0.6) is 5.75 Å². The molecule has 2 aromatic rings. The van der Waals surface area contributed by atoms with Gasteiger partial charge in [-0.1, -0.05) is 18.0 Å². The molecule has 0 amide bonds. The number of benzene rings is 1. The minimum atomic E-state index is 0.289. The van der Waals surface area contributed by atoms with Crippen molar-refractivity contribution in [2.75, 3.05) is 31.6 Å². The van der Waals surface area contributed by atoms with Crippen LogP contribution < -0.4 is 20.3 Å². The minimum Gasteiger partial charge on any atom is -0.495 e. The van der Waals surface area contributed by atoms with E-state index in [9.17, 15) is 0 Å². The molecule has 31 heavy (non-hydrogen) atoms. The number of rotatable bonds is 6. The molecule has 1 aromatic carbocycles. The van der Waals surface area contributed by atoms with Gasteiger partial charge in [0.1, 0.15) is 18.1 Å². The van der Waals surface area contributed by atoms with Crippen LogP contribution in [0.1, 0.15) is 44.3 Å². The van der Waals surface area contributed by atoms with E-state index in [1.807, 2.05) is 18.2 Å². The molecule has 2 N–H and O–H groups in total. The first-order valence-corrected chi connectivity index (χ1v) is 11.6. The maximum absolute atomic E-state index is 6.22. The van der Waals surface area contributed by atoms with Crippen LogP contribution in [0, 0.1) is 0 Å². The van der Waals surface area contributed by atoms with Crippen LogP contribution in [-0.4, -0.2) is 53.5 Å². The highest BCUT2D eigenvalue weighted by molar-refractivity contribution is 6.30. The summed E-state index contributed by atoms with van der Waals surface area (Å²) in [7, 11) is 1.69. The third-order valence-corrected chi connectivity index (χ3v) is 6.15. The lowest BCUT2D eigenvalue weighted by molar-refractivity contribution is 0.415. The summed E-state index contributed by atoms with van der Waals surface area (Å²) in [6.07, 6.45) is 5.66.